The van der Waals surface area contributed by atoms with Gasteiger partial charge >= 0.3 is 0 Å². The van der Waals surface area contributed by atoms with Gasteiger partial charge in [-0.05, 0) is 56.0 Å². The minimum Gasteiger partial charge on any atom is -0.496 e. The monoisotopic (exact) mass is 290 g/mol. The first-order valence-electron chi connectivity index (χ1n) is 8.28. The van der Waals surface area contributed by atoms with Crippen molar-refractivity contribution in [2.45, 2.75) is 45.6 Å². The van der Waals surface area contributed by atoms with Crippen LogP contribution in [0.25, 0.3) is 0 Å². The molecule has 3 heteroatoms. The van der Waals surface area contributed by atoms with Crippen molar-refractivity contribution in [2.75, 3.05) is 26.7 Å². The number of benzene rings is 1. The zero-order chi connectivity index (χ0) is 15.2. The highest BCUT2D eigenvalue weighted by molar-refractivity contribution is 5.37. The second-order valence-corrected chi connectivity index (χ2v) is 6.25. The molecule has 1 aromatic rings. The molecule has 1 aromatic carbocycles. The lowest BCUT2D eigenvalue weighted by Crippen LogP contribution is -2.39. The lowest BCUT2D eigenvalue weighted by Gasteiger charge is -2.37. The van der Waals surface area contributed by atoms with Crippen molar-refractivity contribution in [3.8, 4) is 5.75 Å². The van der Waals surface area contributed by atoms with Gasteiger partial charge in [0.15, 0.2) is 0 Å². The predicted octanol–water partition coefficient (Wildman–Crippen LogP) is 3.52. The SMILES string of the molecule is CCCC1CCN(C(CN)c2ccc(OC)c(C)c2)CC1. The third-order valence-corrected chi connectivity index (χ3v) is 4.81. The van der Waals surface area contributed by atoms with E-state index in [1.807, 2.05) is 0 Å². The molecule has 3 nitrogen and oxygen atoms in total. The zero-order valence-electron chi connectivity index (χ0n) is 13.8. The van der Waals surface area contributed by atoms with E-state index in [9.17, 15) is 0 Å². The van der Waals surface area contributed by atoms with Crippen LogP contribution in [0.4, 0.5) is 0 Å². The molecular weight excluding hydrogens is 260 g/mol. The van der Waals surface area contributed by atoms with Crippen LogP contribution in [0.3, 0.4) is 0 Å². The van der Waals surface area contributed by atoms with Crippen molar-refractivity contribution in [3.05, 3.63) is 29.3 Å². The highest BCUT2D eigenvalue weighted by Gasteiger charge is 2.25. The van der Waals surface area contributed by atoms with Crippen molar-refractivity contribution in [2.24, 2.45) is 11.7 Å². The topological polar surface area (TPSA) is 38.5 Å². The maximum atomic E-state index is 6.08. The van der Waals surface area contributed by atoms with E-state index in [1.165, 1.54) is 49.9 Å². The van der Waals surface area contributed by atoms with E-state index in [0.29, 0.717) is 12.6 Å². The fourth-order valence-corrected chi connectivity index (χ4v) is 3.57. The average Bonchev–Trinajstić information content (AvgIpc) is 2.50. The number of rotatable bonds is 6. The standard InChI is InChI=1S/C18H30N2O/c1-4-5-15-8-10-20(11-9-15)17(13-19)16-6-7-18(21-3)14(2)12-16/h6-7,12,15,17H,4-5,8-11,13,19H2,1-3H3. The van der Waals surface area contributed by atoms with Gasteiger partial charge in [0.05, 0.1) is 7.11 Å². The third-order valence-electron chi connectivity index (χ3n) is 4.81. The van der Waals surface area contributed by atoms with E-state index in [0.717, 1.165) is 11.7 Å². The molecule has 1 saturated heterocycles. The Hall–Kier alpha value is -1.06. The molecule has 1 heterocycles. The van der Waals surface area contributed by atoms with Crippen LogP contribution in [-0.4, -0.2) is 31.6 Å². The Labute approximate surface area is 129 Å². The van der Waals surface area contributed by atoms with Gasteiger partial charge in [0.1, 0.15) is 5.75 Å². The molecule has 1 fully saturated rings. The van der Waals surface area contributed by atoms with E-state index in [2.05, 4.69) is 36.9 Å². The van der Waals surface area contributed by atoms with Crippen LogP contribution >= 0.6 is 0 Å². The summed E-state index contributed by atoms with van der Waals surface area (Å²) in [5.41, 5.74) is 8.59. The van der Waals surface area contributed by atoms with Crippen molar-refractivity contribution in [1.29, 1.82) is 0 Å². The van der Waals surface area contributed by atoms with Crippen LogP contribution in [0.15, 0.2) is 18.2 Å². The Morgan fingerprint density at radius 2 is 2.05 bits per heavy atom. The fourth-order valence-electron chi connectivity index (χ4n) is 3.57. The first-order chi connectivity index (χ1) is 10.2. The highest BCUT2D eigenvalue weighted by Crippen LogP contribution is 2.30. The molecule has 1 aliphatic heterocycles. The molecule has 118 valence electrons. The summed E-state index contributed by atoms with van der Waals surface area (Å²) in [5.74, 6) is 1.87. The normalized spacial score (nSPS) is 18.7. The summed E-state index contributed by atoms with van der Waals surface area (Å²) < 4.78 is 5.35. The fraction of sp³-hybridized carbons (Fsp3) is 0.667. The van der Waals surface area contributed by atoms with E-state index >= 15 is 0 Å². The number of aryl methyl sites for hydroxylation is 1. The van der Waals surface area contributed by atoms with Crippen LogP contribution in [0.1, 0.15) is 49.8 Å². The Morgan fingerprint density at radius 3 is 2.57 bits per heavy atom. The van der Waals surface area contributed by atoms with Crippen molar-refractivity contribution in [1.82, 2.24) is 4.90 Å². The number of hydrogen-bond acceptors (Lipinski definition) is 3. The number of hydrogen-bond donors (Lipinski definition) is 1. The summed E-state index contributed by atoms with van der Waals surface area (Å²) in [5, 5.41) is 0. The minimum atomic E-state index is 0.345. The first-order valence-corrected chi connectivity index (χ1v) is 8.28. The number of piperidine rings is 1. The Bertz CT molecular complexity index is 439. The largest absolute Gasteiger partial charge is 0.496 e. The minimum absolute atomic E-state index is 0.345. The summed E-state index contributed by atoms with van der Waals surface area (Å²) in [7, 11) is 1.72. The third kappa shape index (κ3) is 3.98. The van der Waals surface area contributed by atoms with Gasteiger partial charge in [-0.15, -0.1) is 0 Å². The number of likely N-dealkylation sites (tertiary alicyclic amines) is 1. The predicted molar refractivity (Wildman–Crippen MR) is 88.7 cm³/mol. The summed E-state index contributed by atoms with van der Waals surface area (Å²) in [6, 6.07) is 6.81. The van der Waals surface area contributed by atoms with Crippen molar-refractivity contribution < 1.29 is 4.74 Å². The van der Waals surface area contributed by atoms with Gasteiger partial charge < -0.3 is 10.5 Å². The molecule has 0 amide bonds. The van der Waals surface area contributed by atoms with Gasteiger partial charge in [0.25, 0.3) is 0 Å². The quantitative estimate of drug-likeness (QED) is 0.871. The van der Waals surface area contributed by atoms with Crippen molar-refractivity contribution in [3.63, 3.8) is 0 Å². The maximum Gasteiger partial charge on any atom is 0.121 e. The van der Waals surface area contributed by atoms with Crippen LogP contribution in [0.2, 0.25) is 0 Å². The molecule has 0 radical (unpaired) electrons. The van der Waals surface area contributed by atoms with Crippen molar-refractivity contribution >= 4 is 0 Å². The van der Waals surface area contributed by atoms with E-state index in [4.69, 9.17) is 10.5 Å². The number of nitrogens with zero attached hydrogens (tertiary/aromatic N) is 1. The molecular formula is C18H30N2O. The second-order valence-electron chi connectivity index (χ2n) is 6.25. The number of ether oxygens (including phenoxy) is 1. The molecule has 1 aliphatic rings. The molecule has 2 rings (SSSR count). The van der Waals surface area contributed by atoms with Crippen LogP contribution in [0, 0.1) is 12.8 Å². The number of methoxy groups -OCH3 is 1. The summed E-state index contributed by atoms with van der Waals surface area (Å²) in [6.45, 7) is 7.43. The Balaban J connectivity index is 2.05. The Kier molecular flexibility index (Phi) is 6.07. The molecule has 1 atom stereocenters. The van der Waals surface area contributed by atoms with Crippen LogP contribution in [0.5, 0.6) is 5.75 Å². The molecule has 0 bridgehead atoms. The molecule has 21 heavy (non-hydrogen) atoms. The van der Waals surface area contributed by atoms with Crippen LogP contribution < -0.4 is 10.5 Å². The van der Waals surface area contributed by atoms with Gasteiger partial charge in [-0.2, -0.15) is 0 Å². The lowest BCUT2D eigenvalue weighted by atomic mass is 9.90. The molecule has 0 aromatic heterocycles. The highest BCUT2D eigenvalue weighted by atomic mass is 16.5. The van der Waals surface area contributed by atoms with Gasteiger partial charge in [0.2, 0.25) is 0 Å². The van der Waals surface area contributed by atoms with Gasteiger partial charge in [-0.1, -0.05) is 31.9 Å². The zero-order valence-corrected chi connectivity index (χ0v) is 13.8. The number of nitrogens with two attached hydrogens (primary N) is 1. The lowest BCUT2D eigenvalue weighted by molar-refractivity contribution is 0.131. The summed E-state index contributed by atoms with van der Waals surface area (Å²) in [6.07, 6.45) is 5.32. The van der Waals surface area contributed by atoms with E-state index < -0.39 is 0 Å². The molecule has 0 aliphatic carbocycles. The molecule has 2 N–H and O–H groups in total. The summed E-state index contributed by atoms with van der Waals surface area (Å²) in [4.78, 5) is 2.56. The van der Waals surface area contributed by atoms with Gasteiger partial charge in [-0.25, -0.2) is 0 Å². The first kappa shape index (κ1) is 16.3. The van der Waals surface area contributed by atoms with Gasteiger partial charge in [-0.3, -0.25) is 4.90 Å². The molecule has 0 saturated carbocycles. The molecule has 1 unspecified atom stereocenters. The summed E-state index contributed by atoms with van der Waals surface area (Å²) >= 11 is 0. The van der Waals surface area contributed by atoms with E-state index in [-0.39, 0.29) is 0 Å². The Morgan fingerprint density at radius 1 is 1.33 bits per heavy atom. The maximum absolute atomic E-state index is 6.08. The molecule has 0 spiro atoms. The van der Waals surface area contributed by atoms with Gasteiger partial charge in [0, 0.05) is 12.6 Å². The van der Waals surface area contributed by atoms with E-state index in [1.54, 1.807) is 7.11 Å². The smallest absolute Gasteiger partial charge is 0.121 e. The second kappa shape index (κ2) is 7.81. The average molecular weight is 290 g/mol. The van der Waals surface area contributed by atoms with Crippen LogP contribution in [-0.2, 0) is 0 Å².